The lowest BCUT2D eigenvalue weighted by atomic mass is 9.83. The van der Waals surface area contributed by atoms with E-state index in [4.69, 9.17) is 0 Å². The number of hydrogen-bond acceptors (Lipinski definition) is 3. The van der Waals surface area contributed by atoms with Crippen molar-refractivity contribution in [1.82, 2.24) is 9.80 Å². The van der Waals surface area contributed by atoms with Crippen LogP contribution >= 0.6 is 0 Å². The third-order valence-electron chi connectivity index (χ3n) is 3.35. The van der Waals surface area contributed by atoms with Gasteiger partial charge in [-0.1, -0.05) is 41.2 Å². The SMILES string of the molecule is C=C=C(CN(CC)CC)C(C(=O)C(C)(C)C)N(C)C. The van der Waals surface area contributed by atoms with Crippen LogP contribution in [0, 0.1) is 5.41 Å². The van der Waals surface area contributed by atoms with Crippen LogP contribution in [0.5, 0.6) is 0 Å². The standard InChI is InChI=1S/C16H30N2O/c1-9-13(12-18(10-2)11-3)14(17(7)8)15(19)16(4,5)6/h14H,1,10-12H2,2-8H3. The van der Waals surface area contributed by atoms with Crippen molar-refractivity contribution in [2.75, 3.05) is 33.7 Å². The zero-order valence-electron chi connectivity index (χ0n) is 13.7. The van der Waals surface area contributed by atoms with Gasteiger partial charge in [0.15, 0.2) is 5.78 Å². The van der Waals surface area contributed by atoms with Gasteiger partial charge < -0.3 is 0 Å². The van der Waals surface area contributed by atoms with Crippen LogP contribution in [0.3, 0.4) is 0 Å². The predicted octanol–water partition coefficient (Wildman–Crippen LogP) is 2.58. The highest BCUT2D eigenvalue weighted by Gasteiger charge is 2.33. The summed E-state index contributed by atoms with van der Waals surface area (Å²) in [6.45, 7) is 16.6. The summed E-state index contributed by atoms with van der Waals surface area (Å²) in [5.74, 6) is 0.218. The Hall–Kier alpha value is -0.890. The van der Waals surface area contributed by atoms with Gasteiger partial charge in [-0.2, -0.15) is 0 Å². The molecule has 0 N–H and O–H groups in total. The van der Waals surface area contributed by atoms with Gasteiger partial charge in [-0.05, 0) is 27.2 Å². The van der Waals surface area contributed by atoms with Crippen LogP contribution in [0.4, 0.5) is 0 Å². The number of rotatable bonds is 7. The van der Waals surface area contributed by atoms with Crippen molar-refractivity contribution in [2.24, 2.45) is 5.41 Å². The Morgan fingerprint density at radius 2 is 1.68 bits per heavy atom. The molecule has 3 nitrogen and oxygen atoms in total. The Balaban J connectivity index is 5.27. The zero-order valence-corrected chi connectivity index (χ0v) is 13.7. The van der Waals surface area contributed by atoms with Gasteiger partial charge in [-0.25, -0.2) is 0 Å². The average Bonchev–Trinajstić information content (AvgIpc) is 2.32. The van der Waals surface area contributed by atoms with Crippen LogP contribution < -0.4 is 0 Å². The zero-order chi connectivity index (χ0) is 15.2. The van der Waals surface area contributed by atoms with E-state index in [1.54, 1.807) is 0 Å². The van der Waals surface area contributed by atoms with E-state index in [1.807, 2.05) is 39.8 Å². The van der Waals surface area contributed by atoms with Crippen LogP contribution in [0.2, 0.25) is 0 Å². The minimum absolute atomic E-state index is 0.218. The number of likely N-dealkylation sites (N-methyl/N-ethyl adjacent to an activating group) is 2. The number of ketones is 1. The fraction of sp³-hybridized carbons (Fsp3) is 0.750. The normalized spacial score (nSPS) is 13.5. The fourth-order valence-corrected chi connectivity index (χ4v) is 2.04. The van der Waals surface area contributed by atoms with Crippen molar-refractivity contribution < 1.29 is 4.79 Å². The third-order valence-corrected chi connectivity index (χ3v) is 3.35. The molecule has 0 aliphatic rings. The summed E-state index contributed by atoms with van der Waals surface area (Å²) in [4.78, 5) is 16.9. The maximum absolute atomic E-state index is 12.6. The molecule has 0 aromatic rings. The molecule has 0 aliphatic carbocycles. The number of carbonyl (C=O) groups is 1. The maximum atomic E-state index is 12.6. The molecular weight excluding hydrogens is 236 g/mol. The van der Waals surface area contributed by atoms with Crippen molar-refractivity contribution in [2.45, 2.75) is 40.7 Å². The first kappa shape index (κ1) is 18.1. The van der Waals surface area contributed by atoms with Gasteiger partial charge in [-0.15, -0.1) is 5.73 Å². The van der Waals surface area contributed by atoms with Crippen molar-refractivity contribution in [3.8, 4) is 0 Å². The summed E-state index contributed by atoms with van der Waals surface area (Å²) in [6, 6.07) is -0.238. The lowest BCUT2D eigenvalue weighted by molar-refractivity contribution is -0.129. The molecule has 110 valence electrons. The number of carbonyl (C=O) groups excluding carboxylic acids is 1. The first-order valence-electron chi connectivity index (χ1n) is 7.00. The fourth-order valence-electron chi connectivity index (χ4n) is 2.04. The molecule has 0 radical (unpaired) electrons. The predicted molar refractivity (Wildman–Crippen MR) is 82.4 cm³/mol. The first-order chi connectivity index (χ1) is 8.68. The van der Waals surface area contributed by atoms with Crippen LogP contribution in [0.1, 0.15) is 34.6 Å². The Kier molecular flexibility index (Phi) is 7.28. The number of hydrogen-bond donors (Lipinski definition) is 0. The van der Waals surface area contributed by atoms with E-state index in [0.29, 0.717) is 0 Å². The van der Waals surface area contributed by atoms with Crippen molar-refractivity contribution in [3.63, 3.8) is 0 Å². The second kappa shape index (κ2) is 7.64. The molecular formula is C16H30N2O. The molecule has 0 aliphatic heterocycles. The molecule has 0 aromatic heterocycles. The second-order valence-corrected chi connectivity index (χ2v) is 6.14. The van der Waals surface area contributed by atoms with Gasteiger partial charge in [0.1, 0.15) is 0 Å². The minimum atomic E-state index is -0.361. The first-order valence-corrected chi connectivity index (χ1v) is 7.00. The van der Waals surface area contributed by atoms with Crippen LogP contribution in [0.25, 0.3) is 0 Å². The second-order valence-electron chi connectivity index (χ2n) is 6.14. The summed E-state index contributed by atoms with van der Waals surface area (Å²) in [7, 11) is 3.88. The number of nitrogens with zero attached hydrogens (tertiary/aromatic N) is 2. The van der Waals surface area contributed by atoms with Gasteiger partial charge in [0.05, 0.1) is 6.04 Å². The maximum Gasteiger partial charge on any atom is 0.160 e. The number of Topliss-reactive ketones (excluding diaryl/α,β-unsaturated/α-hetero) is 1. The van der Waals surface area contributed by atoms with Gasteiger partial charge in [0.2, 0.25) is 0 Å². The molecule has 1 atom stereocenters. The molecule has 1 unspecified atom stereocenters. The van der Waals surface area contributed by atoms with Gasteiger partial charge in [0, 0.05) is 17.5 Å². The summed E-state index contributed by atoms with van der Waals surface area (Å²) in [5, 5.41) is 0. The van der Waals surface area contributed by atoms with E-state index < -0.39 is 0 Å². The molecule has 0 aromatic carbocycles. The highest BCUT2D eigenvalue weighted by molar-refractivity contribution is 5.91. The van der Waals surface area contributed by atoms with Gasteiger partial charge >= 0.3 is 0 Å². The van der Waals surface area contributed by atoms with E-state index in [9.17, 15) is 4.79 Å². The van der Waals surface area contributed by atoms with Gasteiger partial charge in [-0.3, -0.25) is 14.6 Å². The molecule has 19 heavy (non-hydrogen) atoms. The monoisotopic (exact) mass is 266 g/mol. The van der Waals surface area contributed by atoms with E-state index in [2.05, 4.69) is 31.1 Å². The smallest absolute Gasteiger partial charge is 0.160 e. The molecule has 0 fully saturated rings. The quantitative estimate of drug-likeness (QED) is 0.662. The van der Waals surface area contributed by atoms with Gasteiger partial charge in [0.25, 0.3) is 0 Å². The lowest BCUT2D eigenvalue weighted by Crippen LogP contribution is -2.45. The molecule has 0 saturated carbocycles. The van der Waals surface area contributed by atoms with Crippen LogP contribution in [0.15, 0.2) is 17.9 Å². The van der Waals surface area contributed by atoms with Crippen molar-refractivity contribution in [1.29, 1.82) is 0 Å². The molecule has 3 heteroatoms. The van der Waals surface area contributed by atoms with Crippen LogP contribution in [-0.4, -0.2) is 55.4 Å². The Labute approximate surface area is 119 Å². The summed E-state index contributed by atoms with van der Waals surface area (Å²) < 4.78 is 0. The van der Waals surface area contributed by atoms with E-state index in [1.165, 1.54) is 0 Å². The summed E-state index contributed by atoms with van der Waals surface area (Å²) in [6.07, 6.45) is 0. The molecule has 0 rings (SSSR count). The molecule has 0 saturated heterocycles. The lowest BCUT2D eigenvalue weighted by Gasteiger charge is -2.32. The minimum Gasteiger partial charge on any atom is -0.299 e. The topological polar surface area (TPSA) is 23.6 Å². The third kappa shape index (κ3) is 5.32. The average molecular weight is 266 g/mol. The Bertz CT molecular complexity index is 342. The summed E-state index contributed by atoms with van der Waals surface area (Å²) >= 11 is 0. The molecule has 0 heterocycles. The van der Waals surface area contributed by atoms with E-state index in [0.717, 1.165) is 25.2 Å². The van der Waals surface area contributed by atoms with Crippen molar-refractivity contribution in [3.05, 3.63) is 17.9 Å². The molecule has 0 amide bonds. The molecule has 0 spiro atoms. The van der Waals surface area contributed by atoms with E-state index in [-0.39, 0.29) is 17.2 Å². The van der Waals surface area contributed by atoms with Crippen LogP contribution in [-0.2, 0) is 4.79 Å². The highest BCUT2D eigenvalue weighted by atomic mass is 16.1. The summed E-state index contributed by atoms with van der Waals surface area (Å²) in [5.41, 5.74) is 3.60. The Morgan fingerprint density at radius 1 is 1.21 bits per heavy atom. The largest absolute Gasteiger partial charge is 0.299 e. The van der Waals surface area contributed by atoms with Crippen molar-refractivity contribution >= 4 is 5.78 Å². The molecule has 0 bridgehead atoms. The Morgan fingerprint density at radius 3 is 1.95 bits per heavy atom. The van der Waals surface area contributed by atoms with E-state index >= 15 is 0 Å². The highest BCUT2D eigenvalue weighted by Crippen LogP contribution is 2.23.